The Labute approximate surface area is 229 Å². The number of rotatable bonds is 20. The number of esters is 3. The van der Waals surface area contributed by atoms with Crippen molar-refractivity contribution in [2.24, 2.45) is 0 Å². The largest absolute Gasteiger partial charge is 0.469 e. The molecule has 0 aliphatic rings. The highest BCUT2D eigenvalue weighted by atomic mass is 16.6. The molecule has 0 saturated carbocycles. The SMILES string of the molecule is COC(=O)CCOCC(COCCC(=O)OC)(COCCC(=O)OC)NC(=O)CCCNC(=O)OC(C)(C)C. The molecule has 0 heterocycles. The predicted molar refractivity (Wildman–Crippen MR) is 137 cm³/mol. The van der Waals surface area contributed by atoms with E-state index in [0.29, 0.717) is 6.42 Å². The molecular formula is C25H44N2O12. The van der Waals surface area contributed by atoms with Gasteiger partial charge < -0.3 is 43.8 Å². The van der Waals surface area contributed by atoms with Crippen LogP contribution in [0.5, 0.6) is 0 Å². The van der Waals surface area contributed by atoms with Gasteiger partial charge in [-0.25, -0.2) is 4.79 Å². The van der Waals surface area contributed by atoms with Gasteiger partial charge in [0, 0.05) is 13.0 Å². The number of hydrogen-bond donors (Lipinski definition) is 2. The maximum atomic E-state index is 12.8. The molecular weight excluding hydrogens is 520 g/mol. The Bertz CT molecular complexity index is 707. The van der Waals surface area contributed by atoms with E-state index in [-0.39, 0.29) is 77.8 Å². The molecule has 0 fully saturated rings. The molecule has 0 radical (unpaired) electrons. The third kappa shape index (κ3) is 19.7. The zero-order valence-corrected chi connectivity index (χ0v) is 23.9. The van der Waals surface area contributed by atoms with Crippen LogP contribution in [-0.4, -0.2) is 109 Å². The second-order valence-electron chi connectivity index (χ2n) is 9.50. The van der Waals surface area contributed by atoms with Crippen LogP contribution in [-0.2, 0) is 52.3 Å². The summed E-state index contributed by atoms with van der Waals surface area (Å²) in [4.78, 5) is 59.0. The first-order valence-corrected chi connectivity index (χ1v) is 12.6. The Hall–Kier alpha value is -2.97. The van der Waals surface area contributed by atoms with Crippen LogP contribution >= 0.6 is 0 Å². The molecule has 14 heteroatoms. The predicted octanol–water partition coefficient (Wildman–Crippen LogP) is 0.885. The average molecular weight is 565 g/mol. The Balaban J connectivity index is 5.27. The molecule has 0 aromatic carbocycles. The van der Waals surface area contributed by atoms with E-state index in [4.69, 9.17) is 18.9 Å². The summed E-state index contributed by atoms with van der Waals surface area (Å²) in [6, 6.07) is 0. The molecule has 0 aromatic heterocycles. The number of carbonyl (C=O) groups excluding carboxylic acids is 5. The molecule has 0 atom stereocenters. The fourth-order valence-electron chi connectivity index (χ4n) is 2.92. The molecule has 0 aliphatic heterocycles. The number of amides is 2. The highest BCUT2D eigenvalue weighted by molar-refractivity contribution is 5.77. The highest BCUT2D eigenvalue weighted by Gasteiger charge is 2.34. The minimum atomic E-state index is -1.22. The van der Waals surface area contributed by atoms with Gasteiger partial charge in [-0.3, -0.25) is 19.2 Å². The van der Waals surface area contributed by atoms with Crippen LogP contribution < -0.4 is 10.6 Å². The maximum absolute atomic E-state index is 12.8. The van der Waals surface area contributed by atoms with Crippen molar-refractivity contribution in [2.75, 3.05) is 67.5 Å². The van der Waals surface area contributed by atoms with Crippen LogP contribution in [0.2, 0.25) is 0 Å². The van der Waals surface area contributed by atoms with Crippen LogP contribution in [0.15, 0.2) is 0 Å². The first kappa shape index (κ1) is 36.0. The van der Waals surface area contributed by atoms with E-state index < -0.39 is 35.1 Å². The third-order valence-corrected chi connectivity index (χ3v) is 4.82. The average Bonchev–Trinajstić information content (AvgIpc) is 2.88. The van der Waals surface area contributed by atoms with Crippen LogP contribution in [0.25, 0.3) is 0 Å². The lowest BCUT2D eigenvalue weighted by molar-refractivity contribution is -0.143. The molecule has 39 heavy (non-hydrogen) atoms. The molecule has 14 nitrogen and oxygen atoms in total. The quantitative estimate of drug-likeness (QED) is 0.122. The van der Waals surface area contributed by atoms with Crippen molar-refractivity contribution in [3.05, 3.63) is 0 Å². The summed E-state index contributed by atoms with van der Waals surface area (Å²) in [5.41, 5.74) is -1.87. The van der Waals surface area contributed by atoms with Gasteiger partial charge in [0.05, 0.1) is 80.2 Å². The molecule has 0 unspecified atom stereocenters. The molecule has 2 N–H and O–H groups in total. The van der Waals surface area contributed by atoms with Crippen LogP contribution in [0.4, 0.5) is 4.79 Å². The summed E-state index contributed by atoms with van der Waals surface area (Å²) < 4.78 is 35.9. The number of alkyl carbamates (subject to hydrolysis) is 1. The molecule has 0 aromatic rings. The van der Waals surface area contributed by atoms with E-state index in [1.807, 2.05) is 0 Å². The second kappa shape index (κ2) is 20.0. The van der Waals surface area contributed by atoms with Gasteiger partial charge >= 0.3 is 24.0 Å². The van der Waals surface area contributed by atoms with E-state index in [0.717, 1.165) is 0 Å². The van der Waals surface area contributed by atoms with Crippen LogP contribution in [0, 0.1) is 0 Å². The van der Waals surface area contributed by atoms with E-state index in [9.17, 15) is 24.0 Å². The topological polar surface area (TPSA) is 174 Å². The van der Waals surface area contributed by atoms with Gasteiger partial charge in [0.25, 0.3) is 0 Å². The van der Waals surface area contributed by atoms with Crippen molar-refractivity contribution in [2.45, 2.75) is 64.0 Å². The lowest BCUT2D eigenvalue weighted by Crippen LogP contribution is -2.58. The summed E-state index contributed by atoms with van der Waals surface area (Å²) in [7, 11) is 3.78. The first-order valence-electron chi connectivity index (χ1n) is 12.6. The normalized spacial score (nSPS) is 11.3. The Morgan fingerprint density at radius 1 is 0.641 bits per heavy atom. The van der Waals surface area contributed by atoms with Crippen LogP contribution in [0.3, 0.4) is 0 Å². The number of nitrogens with one attached hydrogen (secondary N) is 2. The number of methoxy groups -OCH3 is 3. The first-order chi connectivity index (χ1) is 18.4. The van der Waals surface area contributed by atoms with Crippen molar-refractivity contribution < 1.29 is 57.1 Å². The van der Waals surface area contributed by atoms with Crippen LogP contribution in [0.1, 0.15) is 52.9 Å². The number of ether oxygens (including phenoxy) is 7. The molecule has 0 spiro atoms. The Morgan fingerprint density at radius 2 is 1.05 bits per heavy atom. The second-order valence-corrected chi connectivity index (χ2v) is 9.50. The van der Waals surface area contributed by atoms with Gasteiger partial charge in [-0.2, -0.15) is 0 Å². The van der Waals surface area contributed by atoms with E-state index in [1.165, 1.54) is 21.3 Å². The summed E-state index contributed by atoms with van der Waals surface area (Å²) in [5.74, 6) is -1.78. The third-order valence-electron chi connectivity index (χ3n) is 4.82. The lowest BCUT2D eigenvalue weighted by Gasteiger charge is -2.34. The summed E-state index contributed by atoms with van der Waals surface area (Å²) >= 11 is 0. The van der Waals surface area contributed by atoms with Crippen molar-refractivity contribution in [3.63, 3.8) is 0 Å². The van der Waals surface area contributed by atoms with Gasteiger partial charge in [-0.1, -0.05) is 0 Å². The van der Waals surface area contributed by atoms with Crippen molar-refractivity contribution in [3.8, 4) is 0 Å². The van der Waals surface area contributed by atoms with Gasteiger partial charge in [-0.15, -0.1) is 0 Å². The highest BCUT2D eigenvalue weighted by Crippen LogP contribution is 2.12. The smallest absolute Gasteiger partial charge is 0.407 e. The molecule has 0 bridgehead atoms. The van der Waals surface area contributed by atoms with E-state index in [1.54, 1.807) is 20.8 Å². The van der Waals surface area contributed by atoms with Gasteiger partial charge in [0.15, 0.2) is 0 Å². The minimum absolute atomic E-state index is 0.00836. The van der Waals surface area contributed by atoms with Gasteiger partial charge in [0.2, 0.25) is 5.91 Å². The fourth-order valence-corrected chi connectivity index (χ4v) is 2.92. The molecule has 0 aliphatic carbocycles. The summed E-state index contributed by atoms with van der Waals surface area (Å²) in [6.07, 6.45) is -0.259. The van der Waals surface area contributed by atoms with Crippen molar-refractivity contribution >= 4 is 29.9 Å². The summed E-state index contributed by atoms with van der Waals surface area (Å²) in [5, 5.41) is 5.44. The standard InChI is InChI=1S/C25H44N2O12/c1-24(2,3)39-23(32)26-12-7-8-19(28)27-25(16-36-13-9-20(29)33-4,17-37-14-10-21(30)34-5)18-38-15-11-22(31)35-6/h7-18H2,1-6H3,(H,26,32)(H,27,28). The number of hydrogen-bond acceptors (Lipinski definition) is 12. The molecule has 226 valence electrons. The number of carbonyl (C=O) groups is 5. The zero-order valence-electron chi connectivity index (χ0n) is 23.9. The zero-order chi connectivity index (χ0) is 29.7. The van der Waals surface area contributed by atoms with Crippen molar-refractivity contribution in [1.82, 2.24) is 10.6 Å². The molecule has 0 rings (SSSR count). The lowest BCUT2D eigenvalue weighted by atomic mass is 10.0. The maximum Gasteiger partial charge on any atom is 0.407 e. The van der Waals surface area contributed by atoms with Crippen molar-refractivity contribution in [1.29, 1.82) is 0 Å². The molecule has 0 saturated heterocycles. The minimum Gasteiger partial charge on any atom is -0.469 e. The summed E-state index contributed by atoms with van der Waals surface area (Å²) in [6.45, 7) is 5.13. The Morgan fingerprint density at radius 3 is 1.41 bits per heavy atom. The van der Waals surface area contributed by atoms with E-state index >= 15 is 0 Å². The van der Waals surface area contributed by atoms with Gasteiger partial charge in [-0.05, 0) is 27.2 Å². The van der Waals surface area contributed by atoms with Gasteiger partial charge in [0.1, 0.15) is 11.1 Å². The Kier molecular flexibility index (Phi) is 18.5. The monoisotopic (exact) mass is 564 g/mol. The van der Waals surface area contributed by atoms with E-state index in [2.05, 4.69) is 24.8 Å². The molecule has 2 amide bonds. The fraction of sp³-hybridized carbons (Fsp3) is 0.800.